The Morgan fingerprint density at radius 2 is 2.25 bits per heavy atom. The largest absolute Gasteiger partial charge is 0.374 e. The summed E-state index contributed by atoms with van der Waals surface area (Å²) >= 11 is 8.60. The van der Waals surface area contributed by atoms with Gasteiger partial charge in [0.15, 0.2) is 4.34 Å². The summed E-state index contributed by atoms with van der Waals surface area (Å²) in [6.45, 7) is 3.71. The number of anilines is 2. The number of aromatic nitrogens is 2. The molecule has 1 amide bonds. The van der Waals surface area contributed by atoms with Gasteiger partial charge in [0.05, 0.1) is 5.25 Å². The minimum Gasteiger partial charge on any atom is -0.374 e. The number of nitrogens with two attached hydrogens (primary N) is 1. The SMILES string of the molecule is Cc1ccc(NC(=O)C(C)Sc2nnc(N)s2)cc1Cl. The zero-order chi connectivity index (χ0) is 14.7. The molecule has 0 bridgehead atoms. The van der Waals surface area contributed by atoms with Crippen LogP contribution in [0.5, 0.6) is 0 Å². The van der Waals surface area contributed by atoms with E-state index in [1.54, 1.807) is 13.0 Å². The van der Waals surface area contributed by atoms with E-state index in [1.165, 1.54) is 23.1 Å². The van der Waals surface area contributed by atoms with E-state index in [1.807, 2.05) is 19.1 Å². The van der Waals surface area contributed by atoms with Crippen molar-refractivity contribution < 1.29 is 4.79 Å². The molecule has 1 aromatic heterocycles. The van der Waals surface area contributed by atoms with E-state index in [0.29, 0.717) is 20.2 Å². The molecule has 3 N–H and O–H groups in total. The van der Waals surface area contributed by atoms with E-state index >= 15 is 0 Å². The predicted octanol–water partition coefficient (Wildman–Crippen LogP) is 3.20. The monoisotopic (exact) mass is 328 g/mol. The van der Waals surface area contributed by atoms with Crippen molar-refractivity contribution in [2.45, 2.75) is 23.4 Å². The third-order valence-corrected chi connectivity index (χ3v) is 4.85. The van der Waals surface area contributed by atoms with Crippen molar-refractivity contribution >= 4 is 51.4 Å². The second kappa shape index (κ2) is 6.43. The molecule has 0 saturated heterocycles. The quantitative estimate of drug-likeness (QED) is 0.842. The highest BCUT2D eigenvalue weighted by atomic mass is 35.5. The lowest BCUT2D eigenvalue weighted by Crippen LogP contribution is -2.22. The van der Waals surface area contributed by atoms with Gasteiger partial charge >= 0.3 is 0 Å². The molecule has 106 valence electrons. The van der Waals surface area contributed by atoms with Crippen LogP contribution in [0, 0.1) is 6.92 Å². The Hall–Kier alpha value is -1.31. The first-order valence-electron chi connectivity index (χ1n) is 5.78. The van der Waals surface area contributed by atoms with Crippen molar-refractivity contribution in [2.75, 3.05) is 11.1 Å². The smallest absolute Gasteiger partial charge is 0.237 e. The second-order valence-corrected chi connectivity index (χ2v) is 7.12. The van der Waals surface area contributed by atoms with Gasteiger partial charge in [-0.2, -0.15) is 0 Å². The van der Waals surface area contributed by atoms with Gasteiger partial charge in [0.1, 0.15) is 0 Å². The number of thioether (sulfide) groups is 1. The fourth-order valence-electron chi connectivity index (χ4n) is 1.39. The highest BCUT2D eigenvalue weighted by molar-refractivity contribution is 8.02. The topological polar surface area (TPSA) is 80.9 Å². The average Bonchev–Trinajstić information content (AvgIpc) is 2.79. The highest BCUT2D eigenvalue weighted by Gasteiger charge is 2.17. The van der Waals surface area contributed by atoms with Crippen molar-refractivity contribution in [2.24, 2.45) is 0 Å². The molecule has 0 saturated carbocycles. The fraction of sp³-hybridized carbons (Fsp3) is 0.250. The second-order valence-electron chi connectivity index (χ2n) is 4.12. The predicted molar refractivity (Wildman–Crippen MR) is 84.5 cm³/mol. The van der Waals surface area contributed by atoms with Crippen molar-refractivity contribution in [3.8, 4) is 0 Å². The summed E-state index contributed by atoms with van der Waals surface area (Å²) in [5.41, 5.74) is 7.15. The lowest BCUT2D eigenvalue weighted by atomic mass is 10.2. The molecule has 8 heteroatoms. The molecular weight excluding hydrogens is 316 g/mol. The van der Waals surface area contributed by atoms with Crippen molar-refractivity contribution in [3.05, 3.63) is 28.8 Å². The molecule has 0 aliphatic carbocycles. The van der Waals surface area contributed by atoms with E-state index < -0.39 is 0 Å². The van der Waals surface area contributed by atoms with Gasteiger partial charge in [0.2, 0.25) is 11.0 Å². The van der Waals surface area contributed by atoms with Crippen LogP contribution in [0.15, 0.2) is 22.5 Å². The molecule has 5 nitrogen and oxygen atoms in total. The van der Waals surface area contributed by atoms with Crippen LogP contribution in [0.25, 0.3) is 0 Å². The maximum absolute atomic E-state index is 12.1. The lowest BCUT2D eigenvalue weighted by molar-refractivity contribution is -0.115. The van der Waals surface area contributed by atoms with Gasteiger partial charge in [-0.25, -0.2) is 0 Å². The summed E-state index contributed by atoms with van der Waals surface area (Å²) in [6.07, 6.45) is 0. The van der Waals surface area contributed by atoms with Gasteiger partial charge in [-0.1, -0.05) is 40.8 Å². The molecule has 0 aliphatic heterocycles. The molecule has 20 heavy (non-hydrogen) atoms. The number of rotatable bonds is 4. The fourth-order valence-corrected chi connectivity index (χ4v) is 3.35. The lowest BCUT2D eigenvalue weighted by Gasteiger charge is -2.11. The summed E-state index contributed by atoms with van der Waals surface area (Å²) in [5.74, 6) is -0.122. The third kappa shape index (κ3) is 3.84. The van der Waals surface area contributed by atoms with Crippen molar-refractivity contribution in [1.29, 1.82) is 0 Å². The average molecular weight is 329 g/mol. The van der Waals surface area contributed by atoms with E-state index in [-0.39, 0.29) is 11.2 Å². The summed E-state index contributed by atoms with van der Waals surface area (Å²) in [6, 6.07) is 5.41. The first kappa shape index (κ1) is 15.1. The first-order valence-corrected chi connectivity index (χ1v) is 7.86. The van der Waals surface area contributed by atoms with Crippen LogP contribution in [0.1, 0.15) is 12.5 Å². The van der Waals surface area contributed by atoms with Crippen LogP contribution >= 0.6 is 34.7 Å². The molecule has 0 fully saturated rings. The van der Waals surface area contributed by atoms with Gasteiger partial charge in [-0.05, 0) is 31.5 Å². The zero-order valence-electron chi connectivity index (χ0n) is 10.9. The number of nitrogen functional groups attached to an aromatic ring is 1. The molecule has 1 unspecified atom stereocenters. The molecule has 0 aliphatic rings. The number of nitrogens with zero attached hydrogens (tertiary/aromatic N) is 2. The molecule has 0 spiro atoms. The number of carbonyl (C=O) groups excluding carboxylic acids is 1. The summed E-state index contributed by atoms with van der Waals surface area (Å²) < 4.78 is 0.673. The molecule has 2 rings (SSSR count). The minimum atomic E-state index is -0.303. The van der Waals surface area contributed by atoms with E-state index in [9.17, 15) is 4.79 Å². The van der Waals surface area contributed by atoms with E-state index in [2.05, 4.69) is 15.5 Å². The number of hydrogen-bond acceptors (Lipinski definition) is 6. The van der Waals surface area contributed by atoms with Gasteiger partial charge < -0.3 is 11.1 Å². The standard InChI is InChI=1S/C12H13ClN4OS2/c1-6-3-4-8(5-9(6)13)15-10(18)7(2)19-12-17-16-11(14)20-12/h3-5,7H,1-2H3,(H2,14,16)(H,15,18). The Labute approximate surface area is 129 Å². The van der Waals surface area contributed by atoms with Crippen LogP contribution in [0.3, 0.4) is 0 Å². The van der Waals surface area contributed by atoms with Crippen LogP contribution in [-0.4, -0.2) is 21.4 Å². The van der Waals surface area contributed by atoms with Crippen LogP contribution in [-0.2, 0) is 4.79 Å². The van der Waals surface area contributed by atoms with Gasteiger partial charge in [0.25, 0.3) is 0 Å². The van der Waals surface area contributed by atoms with Gasteiger partial charge in [-0.15, -0.1) is 10.2 Å². The van der Waals surface area contributed by atoms with E-state index in [0.717, 1.165) is 5.56 Å². The molecule has 1 heterocycles. The Morgan fingerprint density at radius 3 is 2.85 bits per heavy atom. The molecule has 1 aromatic carbocycles. The summed E-state index contributed by atoms with van der Waals surface area (Å²) in [4.78, 5) is 12.1. The normalized spacial score (nSPS) is 12.2. The minimum absolute atomic E-state index is 0.122. The Kier molecular flexibility index (Phi) is 4.85. The zero-order valence-corrected chi connectivity index (χ0v) is 13.3. The molecule has 2 aromatic rings. The Bertz CT molecular complexity index is 632. The number of carbonyl (C=O) groups is 1. The van der Waals surface area contributed by atoms with Gasteiger partial charge in [-0.3, -0.25) is 4.79 Å². The maximum atomic E-state index is 12.1. The Morgan fingerprint density at radius 1 is 1.50 bits per heavy atom. The van der Waals surface area contributed by atoms with E-state index in [4.69, 9.17) is 17.3 Å². The first-order chi connectivity index (χ1) is 9.45. The summed E-state index contributed by atoms with van der Waals surface area (Å²) in [7, 11) is 0. The molecule has 0 radical (unpaired) electrons. The molecule has 1 atom stereocenters. The van der Waals surface area contributed by atoms with Crippen LogP contribution in [0.4, 0.5) is 10.8 Å². The van der Waals surface area contributed by atoms with Crippen molar-refractivity contribution in [1.82, 2.24) is 10.2 Å². The maximum Gasteiger partial charge on any atom is 0.237 e. The third-order valence-electron chi connectivity index (χ3n) is 2.51. The van der Waals surface area contributed by atoms with Crippen molar-refractivity contribution in [3.63, 3.8) is 0 Å². The molecular formula is C12H13ClN4OS2. The number of benzene rings is 1. The van der Waals surface area contributed by atoms with Gasteiger partial charge in [0, 0.05) is 10.7 Å². The number of nitrogens with one attached hydrogen (secondary N) is 1. The summed E-state index contributed by atoms with van der Waals surface area (Å²) in [5, 5.41) is 11.1. The number of aryl methyl sites for hydroxylation is 1. The number of amides is 1. The number of halogens is 1. The van der Waals surface area contributed by atoms with Crippen LogP contribution < -0.4 is 11.1 Å². The van der Waals surface area contributed by atoms with Crippen LogP contribution in [0.2, 0.25) is 5.02 Å². The number of hydrogen-bond donors (Lipinski definition) is 2. The highest BCUT2D eigenvalue weighted by Crippen LogP contribution is 2.28. The Balaban J connectivity index is 1.98.